The summed E-state index contributed by atoms with van der Waals surface area (Å²) in [6.07, 6.45) is 0.881. The molecule has 0 N–H and O–H groups in total. The van der Waals surface area contributed by atoms with Gasteiger partial charge in [-0.25, -0.2) is 4.39 Å². The number of benzene rings is 3. The fourth-order valence-electron chi connectivity index (χ4n) is 3.94. The van der Waals surface area contributed by atoms with Gasteiger partial charge < -0.3 is 14.4 Å². The van der Waals surface area contributed by atoms with Gasteiger partial charge in [-0.15, -0.1) is 0 Å². The van der Waals surface area contributed by atoms with E-state index in [0.29, 0.717) is 5.56 Å². The predicted octanol–water partition coefficient (Wildman–Crippen LogP) is 4.71. The van der Waals surface area contributed by atoms with Gasteiger partial charge in [-0.2, -0.15) is 0 Å². The first-order valence-electron chi connectivity index (χ1n) is 8.80. The molecule has 26 heavy (non-hydrogen) atoms. The SMILES string of the molecule is Fc1ccccc1C1c2cc3c(cc2CCN1c1ccccc1)OCO3. The first-order chi connectivity index (χ1) is 12.8. The number of ether oxygens (including phenoxy) is 2. The van der Waals surface area contributed by atoms with Crippen molar-refractivity contribution in [3.63, 3.8) is 0 Å². The van der Waals surface area contributed by atoms with Crippen LogP contribution in [0.5, 0.6) is 11.5 Å². The molecule has 0 saturated heterocycles. The molecule has 3 aromatic carbocycles. The Kier molecular flexibility index (Phi) is 3.56. The molecule has 130 valence electrons. The molecule has 0 aliphatic carbocycles. The normalized spacial score (nSPS) is 17.9. The highest BCUT2D eigenvalue weighted by molar-refractivity contribution is 5.59. The second-order valence-corrected chi connectivity index (χ2v) is 6.61. The number of para-hydroxylation sites is 1. The maximum Gasteiger partial charge on any atom is 0.231 e. The lowest BCUT2D eigenvalue weighted by Crippen LogP contribution is -2.36. The number of anilines is 1. The van der Waals surface area contributed by atoms with Crippen molar-refractivity contribution in [2.24, 2.45) is 0 Å². The minimum absolute atomic E-state index is 0.191. The monoisotopic (exact) mass is 347 g/mol. The van der Waals surface area contributed by atoms with Gasteiger partial charge in [0.25, 0.3) is 0 Å². The summed E-state index contributed by atoms with van der Waals surface area (Å²) in [7, 11) is 0. The van der Waals surface area contributed by atoms with E-state index in [9.17, 15) is 4.39 Å². The number of fused-ring (bicyclic) bond motifs is 2. The molecule has 0 saturated carbocycles. The first kappa shape index (κ1) is 15.3. The van der Waals surface area contributed by atoms with Gasteiger partial charge in [0.05, 0.1) is 6.04 Å². The van der Waals surface area contributed by atoms with E-state index in [1.807, 2.05) is 42.5 Å². The summed E-state index contributed by atoms with van der Waals surface area (Å²) in [5.41, 5.74) is 4.03. The van der Waals surface area contributed by atoms with Crippen LogP contribution in [0.3, 0.4) is 0 Å². The Morgan fingerprint density at radius 2 is 1.58 bits per heavy atom. The van der Waals surface area contributed by atoms with Gasteiger partial charge in [0.15, 0.2) is 11.5 Å². The lowest BCUT2D eigenvalue weighted by atomic mass is 9.87. The van der Waals surface area contributed by atoms with Crippen molar-refractivity contribution in [1.29, 1.82) is 0 Å². The van der Waals surface area contributed by atoms with Crippen LogP contribution in [0.1, 0.15) is 22.7 Å². The number of halogens is 1. The van der Waals surface area contributed by atoms with E-state index in [2.05, 4.69) is 17.0 Å². The van der Waals surface area contributed by atoms with Crippen molar-refractivity contribution in [1.82, 2.24) is 0 Å². The van der Waals surface area contributed by atoms with E-state index < -0.39 is 0 Å². The Hall–Kier alpha value is -3.01. The third kappa shape index (κ3) is 2.41. The quantitative estimate of drug-likeness (QED) is 0.670. The Labute approximate surface area is 151 Å². The maximum atomic E-state index is 14.7. The second kappa shape index (κ2) is 6.06. The molecule has 4 heteroatoms. The van der Waals surface area contributed by atoms with Crippen LogP contribution in [-0.2, 0) is 6.42 Å². The Morgan fingerprint density at radius 3 is 2.38 bits per heavy atom. The fourth-order valence-corrected chi connectivity index (χ4v) is 3.94. The third-order valence-electron chi connectivity index (χ3n) is 5.15. The van der Waals surface area contributed by atoms with Crippen molar-refractivity contribution >= 4 is 5.69 Å². The van der Waals surface area contributed by atoms with Gasteiger partial charge in [0, 0.05) is 17.8 Å². The van der Waals surface area contributed by atoms with Crippen LogP contribution >= 0.6 is 0 Å². The summed E-state index contributed by atoms with van der Waals surface area (Å²) in [6.45, 7) is 1.06. The van der Waals surface area contributed by atoms with E-state index >= 15 is 0 Å². The molecule has 2 heterocycles. The van der Waals surface area contributed by atoms with Crippen molar-refractivity contribution in [3.8, 4) is 11.5 Å². The zero-order chi connectivity index (χ0) is 17.5. The Morgan fingerprint density at radius 1 is 0.846 bits per heavy atom. The lowest BCUT2D eigenvalue weighted by Gasteiger charge is -2.39. The van der Waals surface area contributed by atoms with Gasteiger partial charge in [-0.3, -0.25) is 0 Å². The molecule has 0 amide bonds. The summed E-state index contributed by atoms with van der Waals surface area (Å²) in [5, 5.41) is 0. The molecule has 0 fully saturated rings. The van der Waals surface area contributed by atoms with E-state index in [0.717, 1.165) is 35.7 Å². The van der Waals surface area contributed by atoms with Crippen molar-refractivity contribution < 1.29 is 13.9 Å². The Balaban J connectivity index is 1.70. The molecule has 2 aliphatic heterocycles. The summed E-state index contributed by atoms with van der Waals surface area (Å²) >= 11 is 0. The van der Waals surface area contributed by atoms with Crippen LogP contribution in [0, 0.1) is 5.82 Å². The molecule has 0 bridgehead atoms. The summed E-state index contributed by atoms with van der Waals surface area (Å²) < 4.78 is 25.9. The van der Waals surface area contributed by atoms with Gasteiger partial charge in [0.2, 0.25) is 6.79 Å². The van der Waals surface area contributed by atoms with Gasteiger partial charge >= 0.3 is 0 Å². The van der Waals surface area contributed by atoms with Crippen molar-refractivity contribution in [3.05, 3.63) is 89.2 Å². The summed E-state index contributed by atoms with van der Waals surface area (Å²) in [5.74, 6) is 1.33. The molecular weight excluding hydrogens is 329 g/mol. The largest absolute Gasteiger partial charge is 0.454 e. The fraction of sp³-hybridized carbons (Fsp3) is 0.182. The van der Waals surface area contributed by atoms with E-state index in [1.54, 1.807) is 6.07 Å². The molecule has 1 atom stereocenters. The van der Waals surface area contributed by atoms with Crippen LogP contribution in [0.15, 0.2) is 66.7 Å². The zero-order valence-electron chi connectivity index (χ0n) is 14.2. The van der Waals surface area contributed by atoms with Crippen molar-refractivity contribution in [2.75, 3.05) is 18.2 Å². The standard InChI is InChI=1S/C22H18FNO2/c23-19-9-5-4-8-17(19)22-18-13-21-20(25-14-26-21)12-15(18)10-11-24(22)16-6-2-1-3-7-16/h1-9,12-13,22H,10-11,14H2. The molecule has 0 radical (unpaired) electrons. The molecule has 5 rings (SSSR count). The number of hydrogen-bond acceptors (Lipinski definition) is 3. The minimum atomic E-state index is -0.197. The van der Waals surface area contributed by atoms with Crippen LogP contribution in [0.4, 0.5) is 10.1 Å². The van der Waals surface area contributed by atoms with E-state index in [1.165, 1.54) is 11.6 Å². The third-order valence-corrected chi connectivity index (χ3v) is 5.15. The number of nitrogens with zero attached hydrogens (tertiary/aromatic N) is 1. The molecule has 0 spiro atoms. The Bertz CT molecular complexity index is 958. The van der Waals surface area contributed by atoms with E-state index in [-0.39, 0.29) is 18.7 Å². The average Bonchev–Trinajstić information content (AvgIpc) is 3.14. The molecule has 3 aromatic rings. The highest BCUT2D eigenvalue weighted by Gasteiger charge is 2.33. The van der Waals surface area contributed by atoms with Crippen LogP contribution in [0.25, 0.3) is 0 Å². The zero-order valence-corrected chi connectivity index (χ0v) is 14.2. The summed E-state index contributed by atoms with van der Waals surface area (Å²) in [4.78, 5) is 2.27. The van der Waals surface area contributed by atoms with Gasteiger partial charge in [0.1, 0.15) is 5.82 Å². The predicted molar refractivity (Wildman–Crippen MR) is 98.3 cm³/mol. The molecule has 0 aromatic heterocycles. The highest BCUT2D eigenvalue weighted by atomic mass is 19.1. The molecule has 1 unspecified atom stereocenters. The number of hydrogen-bond donors (Lipinski definition) is 0. The van der Waals surface area contributed by atoms with Crippen molar-refractivity contribution in [2.45, 2.75) is 12.5 Å². The first-order valence-corrected chi connectivity index (χ1v) is 8.80. The molecule has 3 nitrogen and oxygen atoms in total. The number of rotatable bonds is 2. The minimum Gasteiger partial charge on any atom is -0.454 e. The highest BCUT2D eigenvalue weighted by Crippen LogP contribution is 2.44. The molecular formula is C22H18FNO2. The van der Waals surface area contributed by atoms with Crippen LogP contribution in [-0.4, -0.2) is 13.3 Å². The smallest absolute Gasteiger partial charge is 0.231 e. The van der Waals surface area contributed by atoms with Crippen LogP contribution < -0.4 is 14.4 Å². The van der Waals surface area contributed by atoms with Crippen LogP contribution in [0.2, 0.25) is 0 Å². The molecule has 2 aliphatic rings. The second-order valence-electron chi connectivity index (χ2n) is 6.61. The van der Waals surface area contributed by atoms with Gasteiger partial charge in [-0.1, -0.05) is 36.4 Å². The van der Waals surface area contributed by atoms with E-state index in [4.69, 9.17) is 9.47 Å². The van der Waals surface area contributed by atoms with Gasteiger partial charge in [-0.05, 0) is 47.9 Å². The lowest BCUT2D eigenvalue weighted by molar-refractivity contribution is 0.174. The maximum absolute atomic E-state index is 14.7. The summed E-state index contributed by atoms with van der Waals surface area (Å²) in [6, 6.07) is 21.1. The topological polar surface area (TPSA) is 21.7 Å². The average molecular weight is 347 g/mol.